The molecule has 8 heteroatoms. The molecular weight excluding hydrogens is 362 g/mol. The van der Waals surface area contributed by atoms with Crippen LogP contribution in [0.1, 0.15) is 41.5 Å². The molecule has 0 aliphatic carbocycles. The van der Waals surface area contributed by atoms with Crippen molar-refractivity contribution in [3.8, 4) is 5.75 Å². The highest BCUT2D eigenvalue weighted by Crippen LogP contribution is 2.38. The number of phenols is 1. The fourth-order valence-corrected chi connectivity index (χ4v) is 2.50. The van der Waals surface area contributed by atoms with Gasteiger partial charge in [0.1, 0.15) is 22.6 Å². The quantitative estimate of drug-likeness (QED) is 0.495. The molecule has 2 aromatic carbocycles. The van der Waals surface area contributed by atoms with Crippen LogP contribution >= 0.6 is 0 Å². The maximum Gasteiger partial charge on any atom is 0.434 e. The maximum atomic E-state index is 12.8. The molecule has 152 valence electrons. The average molecular weight is 389 g/mol. The Morgan fingerprint density at radius 3 is 2.18 bits per heavy atom. The van der Waals surface area contributed by atoms with Gasteiger partial charge in [-0.2, -0.15) is 5.01 Å². The molecule has 2 aromatic rings. The van der Waals surface area contributed by atoms with Gasteiger partial charge in [0, 0.05) is 11.1 Å². The molecule has 4 N–H and O–H groups in total. The van der Waals surface area contributed by atoms with Crippen LogP contribution in [0.4, 0.5) is 21.0 Å². The molecule has 0 unspecified atom stereocenters. The second-order valence-electron chi connectivity index (χ2n) is 8.31. The number of nitrogens with zero attached hydrogens (tertiary/aromatic N) is 1. The van der Waals surface area contributed by atoms with E-state index in [-0.39, 0.29) is 11.4 Å². The van der Waals surface area contributed by atoms with E-state index in [1.54, 1.807) is 65.8 Å². The van der Waals surface area contributed by atoms with Gasteiger partial charge in [-0.1, -0.05) is 18.2 Å². The standard InChI is InChI=1S/C20H27N3O5/c1-19(2,3)27-17(25)22-23(18(26)28-20(4,5)6)16-14(24)11-10-12-8-7-9-13(21)15(12)16/h7-11,24H,21H2,1-6H3,(H,22,25). The van der Waals surface area contributed by atoms with Crippen molar-refractivity contribution in [2.75, 3.05) is 10.7 Å². The van der Waals surface area contributed by atoms with E-state index in [2.05, 4.69) is 5.43 Å². The summed E-state index contributed by atoms with van der Waals surface area (Å²) in [6, 6.07) is 8.22. The van der Waals surface area contributed by atoms with Gasteiger partial charge in [-0.15, -0.1) is 0 Å². The van der Waals surface area contributed by atoms with Crippen LogP contribution in [0.25, 0.3) is 10.8 Å². The van der Waals surface area contributed by atoms with E-state index in [1.165, 1.54) is 6.07 Å². The van der Waals surface area contributed by atoms with E-state index in [9.17, 15) is 14.7 Å². The molecular formula is C20H27N3O5. The highest BCUT2D eigenvalue weighted by Gasteiger charge is 2.30. The van der Waals surface area contributed by atoms with Gasteiger partial charge in [0.2, 0.25) is 0 Å². The largest absolute Gasteiger partial charge is 0.506 e. The summed E-state index contributed by atoms with van der Waals surface area (Å²) in [5.41, 5.74) is 7.14. The molecule has 28 heavy (non-hydrogen) atoms. The number of ether oxygens (including phenoxy) is 2. The van der Waals surface area contributed by atoms with Crippen LogP contribution in [-0.4, -0.2) is 28.5 Å². The number of rotatable bonds is 1. The summed E-state index contributed by atoms with van der Waals surface area (Å²) in [6.07, 6.45) is -1.78. The Morgan fingerprint density at radius 2 is 1.61 bits per heavy atom. The number of carbonyl (C=O) groups is 2. The minimum Gasteiger partial charge on any atom is -0.506 e. The molecule has 0 aliphatic heterocycles. The van der Waals surface area contributed by atoms with E-state index in [0.29, 0.717) is 16.5 Å². The van der Waals surface area contributed by atoms with E-state index in [4.69, 9.17) is 15.2 Å². The lowest BCUT2D eigenvalue weighted by atomic mass is 10.1. The van der Waals surface area contributed by atoms with Crippen molar-refractivity contribution in [3.63, 3.8) is 0 Å². The van der Waals surface area contributed by atoms with Gasteiger partial charge < -0.3 is 20.3 Å². The molecule has 0 saturated carbocycles. The molecule has 0 heterocycles. The molecule has 0 bridgehead atoms. The second kappa shape index (κ2) is 7.46. The number of phenolic OH excluding ortho intramolecular Hbond substituents is 1. The number of anilines is 2. The lowest BCUT2D eigenvalue weighted by Gasteiger charge is -2.30. The van der Waals surface area contributed by atoms with Crippen LogP contribution in [0.15, 0.2) is 30.3 Å². The van der Waals surface area contributed by atoms with Gasteiger partial charge in [0.15, 0.2) is 0 Å². The second-order valence-corrected chi connectivity index (χ2v) is 8.31. The summed E-state index contributed by atoms with van der Waals surface area (Å²) in [4.78, 5) is 25.2. The van der Waals surface area contributed by atoms with Gasteiger partial charge in [-0.05, 0) is 59.1 Å². The van der Waals surface area contributed by atoms with Gasteiger partial charge in [0.25, 0.3) is 0 Å². The SMILES string of the molecule is CC(C)(C)OC(=O)NN(C(=O)OC(C)(C)C)c1c(O)ccc2cccc(N)c12. The zero-order valence-corrected chi connectivity index (χ0v) is 17.0. The van der Waals surface area contributed by atoms with Crippen LogP contribution in [0, 0.1) is 0 Å². The highest BCUT2D eigenvalue weighted by molar-refractivity contribution is 6.09. The smallest absolute Gasteiger partial charge is 0.434 e. The molecule has 0 atom stereocenters. The molecule has 0 radical (unpaired) electrons. The average Bonchev–Trinajstić information content (AvgIpc) is 2.50. The topological polar surface area (TPSA) is 114 Å². The molecule has 0 aromatic heterocycles. The Kier molecular flexibility index (Phi) is 5.63. The van der Waals surface area contributed by atoms with E-state index in [1.807, 2.05) is 0 Å². The number of nitrogen functional groups attached to an aromatic ring is 1. The Hall–Kier alpha value is -3.16. The number of nitrogens with two attached hydrogens (primary N) is 1. The predicted octanol–water partition coefficient (Wildman–Crippen LogP) is 4.31. The Morgan fingerprint density at radius 1 is 1.00 bits per heavy atom. The summed E-state index contributed by atoms with van der Waals surface area (Å²) in [5.74, 6) is -0.257. The third-order valence-corrected chi connectivity index (χ3v) is 3.43. The fourth-order valence-electron chi connectivity index (χ4n) is 2.50. The number of aromatic hydroxyl groups is 1. The Bertz CT molecular complexity index is 897. The lowest BCUT2D eigenvalue weighted by molar-refractivity contribution is 0.0425. The van der Waals surface area contributed by atoms with Gasteiger partial charge >= 0.3 is 12.2 Å². The van der Waals surface area contributed by atoms with Crippen molar-refractivity contribution in [1.29, 1.82) is 0 Å². The number of fused-ring (bicyclic) bond motifs is 1. The first-order valence-electron chi connectivity index (χ1n) is 8.81. The van der Waals surface area contributed by atoms with Crippen molar-refractivity contribution in [2.24, 2.45) is 0 Å². The molecule has 0 spiro atoms. The third kappa shape index (κ3) is 5.18. The summed E-state index contributed by atoms with van der Waals surface area (Å²) in [5, 5.41) is 12.4. The normalized spacial score (nSPS) is 11.8. The van der Waals surface area contributed by atoms with Crippen LogP contribution in [0.5, 0.6) is 5.75 Å². The lowest BCUT2D eigenvalue weighted by Crippen LogP contribution is -2.50. The number of hydrogen-bond donors (Lipinski definition) is 3. The van der Waals surface area contributed by atoms with Crippen LogP contribution < -0.4 is 16.2 Å². The van der Waals surface area contributed by atoms with E-state index >= 15 is 0 Å². The molecule has 0 saturated heterocycles. The zero-order chi connectivity index (χ0) is 21.3. The van der Waals surface area contributed by atoms with Crippen LogP contribution in [-0.2, 0) is 9.47 Å². The first-order valence-corrected chi connectivity index (χ1v) is 8.81. The summed E-state index contributed by atoms with van der Waals surface area (Å²) in [7, 11) is 0. The van der Waals surface area contributed by atoms with Crippen LogP contribution in [0.2, 0.25) is 0 Å². The monoisotopic (exact) mass is 389 g/mol. The van der Waals surface area contributed by atoms with Gasteiger partial charge in [-0.3, -0.25) is 0 Å². The van der Waals surface area contributed by atoms with Crippen molar-refractivity contribution in [2.45, 2.75) is 52.7 Å². The van der Waals surface area contributed by atoms with E-state index < -0.39 is 23.4 Å². The zero-order valence-electron chi connectivity index (χ0n) is 17.0. The number of benzene rings is 2. The minimum absolute atomic E-state index is 0.00397. The van der Waals surface area contributed by atoms with Gasteiger partial charge in [0.05, 0.1) is 0 Å². The molecule has 8 nitrogen and oxygen atoms in total. The third-order valence-electron chi connectivity index (χ3n) is 3.43. The first kappa shape index (κ1) is 21.1. The van der Waals surface area contributed by atoms with Crippen LogP contribution in [0.3, 0.4) is 0 Å². The van der Waals surface area contributed by atoms with E-state index in [0.717, 1.165) is 5.01 Å². The molecule has 0 aliphatic rings. The maximum absolute atomic E-state index is 12.8. The first-order chi connectivity index (χ1) is 12.8. The number of amides is 2. The van der Waals surface area contributed by atoms with Gasteiger partial charge in [-0.25, -0.2) is 15.0 Å². The number of hydrogen-bond acceptors (Lipinski definition) is 6. The summed E-state index contributed by atoms with van der Waals surface area (Å²) >= 11 is 0. The number of carbonyl (C=O) groups excluding carboxylic acids is 2. The number of hydrazine groups is 1. The predicted molar refractivity (Wildman–Crippen MR) is 108 cm³/mol. The minimum atomic E-state index is -0.899. The van der Waals surface area contributed by atoms with Crippen molar-refractivity contribution in [3.05, 3.63) is 30.3 Å². The fraction of sp³-hybridized carbons (Fsp3) is 0.400. The Labute approximate surface area is 164 Å². The van der Waals surface area contributed by atoms with Crippen molar-refractivity contribution >= 4 is 34.3 Å². The van der Waals surface area contributed by atoms with Crippen molar-refractivity contribution in [1.82, 2.24) is 5.43 Å². The number of nitrogens with one attached hydrogen (secondary N) is 1. The highest BCUT2D eigenvalue weighted by atomic mass is 16.6. The summed E-state index contributed by atoms with van der Waals surface area (Å²) in [6.45, 7) is 10.1. The molecule has 2 amide bonds. The Balaban J connectivity index is 2.59. The molecule has 0 fully saturated rings. The van der Waals surface area contributed by atoms with Crippen molar-refractivity contribution < 1.29 is 24.2 Å². The summed E-state index contributed by atoms with van der Waals surface area (Å²) < 4.78 is 10.6. The molecule has 2 rings (SSSR count).